The number of hydrogen-bond acceptors (Lipinski definition) is 3. The monoisotopic (exact) mass is 343 g/mol. The van der Waals surface area contributed by atoms with Crippen LogP contribution in [0, 0.1) is 5.41 Å². The number of nitrogens with two attached hydrogens (primary N) is 1. The molecule has 0 aliphatic rings. The highest BCUT2D eigenvalue weighted by atomic mass is 79.9. The molecule has 3 nitrogen and oxygen atoms in total. The first-order valence-corrected chi connectivity index (χ1v) is 6.01. The number of rotatable bonds is 3. The molecule has 0 aliphatic heterocycles. The Morgan fingerprint density at radius 1 is 1.47 bits per heavy atom. The minimum Gasteiger partial charge on any atom is -0.506 e. The molecule has 0 saturated carbocycles. The maximum absolute atomic E-state index is 9.91. The van der Waals surface area contributed by atoms with Gasteiger partial charge >= 0.3 is 0 Å². The molecule has 4 N–H and O–H groups in total. The molecule has 17 heavy (non-hydrogen) atoms. The molecule has 0 unspecified atom stereocenters. The van der Waals surface area contributed by atoms with E-state index in [-0.39, 0.29) is 24.8 Å². The third-order valence-electron chi connectivity index (χ3n) is 2.68. The molecule has 0 amide bonds. The standard InChI is InChI=1S/C11H15BrClNO2.ClH/c1-11(2,5-15)10(14)6-3-4-7(13)8(12)9(6)16;/h3-4,10,15-16H,5,14H2,1-2H3;1H/t10-;/m0./s1. The fraction of sp³-hybridized carbons (Fsp3) is 0.455. The van der Waals surface area contributed by atoms with Crippen LogP contribution >= 0.6 is 39.9 Å². The quantitative estimate of drug-likeness (QED) is 0.788. The van der Waals surface area contributed by atoms with Crippen LogP contribution in [0.15, 0.2) is 16.6 Å². The first-order chi connectivity index (χ1) is 7.31. The summed E-state index contributed by atoms with van der Waals surface area (Å²) in [6.45, 7) is 3.60. The molecule has 0 spiro atoms. The van der Waals surface area contributed by atoms with Crippen molar-refractivity contribution in [3.63, 3.8) is 0 Å². The molecule has 0 aliphatic carbocycles. The van der Waals surface area contributed by atoms with Gasteiger partial charge in [0, 0.05) is 23.6 Å². The topological polar surface area (TPSA) is 66.5 Å². The van der Waals surface area contributed by atoms with Crippen molar-refractivity contribution >= 4 is 39.9 Å². The van der Waals surface area contributed by atoms with E-state index in [4.69, 9.17) is 17.3 Å². The van der Waals surface area contributed by atoms with E-state index in [2.05, 4.69) is 15.9 Å². The van der Waals surface area contributed by atoms with E-state index < -0.39 is 11.5 Å². The van der Waals surface area contributed by atoms with Crippen molar-refractivity contribution < 1.29 is 10.2 Å². The van der Waals surface area contributed by atoms with Crippen molar-refractivity contribution in [3.05, 3.63) is 27.2 Å². The van der Waals surface area contributed by atoms with Crippen molar-refractivity contribution in [3.8, 4) is 5.75 Å². The second-order valence-electron chi connectivity index (χ2n) is 4.42. The van der Waals surface area contributed by atoms with Gasteiger partial charge < -0.3 is 15.9 Å². The normalized spacial score (nSPS) is 13.1. The number of aliphatic hydroxyl groups is 1. The average molecular weight is 345 g/mol. The molecule has 0 heterocycles. The van der Waals surface area contributed by atoms with Crippen molar-refractivity contribution in [1.82, 2.24) is 0 Å². The van der Waals surface area contributed by atoms with Gasteiger partial charge in [-0.15, -0.1) is 12.4 Å². The molecule has 1 atom stereocenters. The van der Waals surface area contributed by atoms with E-state index in [0.29, 0.717) is 15.1 Å². The number of hydrogen-bond donors (Lipinski definition) is 3. The lowest BCUT2D eigenvalue weighted by Gasteiger charge is -2.30. The Balaban J connectivity index is 0.00000256. The van der Waals surface area contributed by atoms with Crippen LogP contribution in [0.4, 0.5) is 0 Å². The molecule has 6 heteroatoms. The van der Waals surface area contributed by atoms with Gasteiger partial charge in [0.1, 0.15) is 5.75 Å². The molecular weight excluding hydrogens is 329 g/mol. The van der Waals surface area contributed by atoms with Gasteiger partial charge in [0.25, 0.3) is 0 Å². The minimum atomic E-state index is -0.509. The van der Waals surface area contributed by atoms with Crippen LogP contribution in [0.2, 0.25) is 5.02 Å². The number of phenols is 1. The molecular formula is C11H16BrCl2NO2. The molecule has 1 rings (SSSR count). The molecule has 1 aromatic carbocycles. The third-order valence-corrected chi connectivity index (χ3v) is 4.03. The molecule has 1 aromatic rings. The maximum atomic E-state index is 9.91. The first-order valence-electron chi connectivity index (χ1n) is 4.84. The zero-order valence-corrected chi connectivity index (χ0v) is 12.7. The molecule has 0 saturated heterocycles. The van der Waals surface area contributed by atoms with Crippen molar-refractivity contribution in [2.24, 2.45) is 11.1 Å². The third kappa shape index (κ3) is 3.48. The fourth-order valence-corrected chi connectivity index (χ4v) is 1.84. The van der Waals surface area contributed by atoms with E-state index >= 15 is 0 Å². The van der Waals surface area contributed by atoms with Gasteiger partial charge in [-0.2, -0.15) is 0 Å². The van der Waals surface area contributed by atoms with Crippen molar-refractivity contribution in [2.45, 2.75) is 19.9 Å². The van der Waals surface area contributed by atoms with Crippen LogP contribution in [0.5, 0.6) is 5.75 Å². The van der Waals surface area contributed by atoms with Gasteiger partial charge in [-0.25, -0.2) is 0 Å². The smallest absolute Gasteiger partial charge is 0.136 e. The summed E-state index contributed by atoms with van der Waals surface area (Å²) in [5.74, 6) is 0.0292. The Bertz CT molecular complexity index is 399. The number of benzene rings is 1. The molecule has 98 valence electrons. The lowest BCUT2D eigenvalue weighted by molar-refractivity contribution is 0.131. The van der Waals surface area contributed by atoms with Crippen LogP contribution in [0.25, 0.3) is 0 Å². The van der Waals surface area contributed by atoms with E-state index in [1.54, 1.807) is 12.1 Å². The number of aliphatic hydroxyl groups excluding tert-OH is 1. The van der Waals surface area contributed by atoms with E-state index in [1.807, 2.05) is 13.8 Å². The predicted molar refractivity (Wildman–Crippen MR) is 75.9 cm³/mol. The van der Waals surface area contributed by atoms with Crippen LogP contribution in [-0.4, -0.2) is 16.8 Å². The molecule has 0 radical (unpaired) electrons. The number of phenolic OH excluding ortho intramolecular Hbond substituents is 1. The zero-order valence-electron chi connectivity index (χ0n) is 9.58. The summed E-state index contributed by atoms with van der Waals surface area (Å²) in [6.07, 6.45) is 0. The Hall–Kier alpha value is -0.000000000000000167. The Morgan fingerprint density at radius 2 is 2.00 bits per heavy atom. The summed E-state index contributed by atoms with van der Waals surface area (Å²) in [4.78, 5) is 0. The largest absolute Gasteiger partial charge is 0.506 e. The Labute approximate surface area is 121 Å². The van der Waals surface area contributed by atoms with Gasteiger partial charge in [-0.05, 0) is 22.0 Å². The van der Waals surface area contributed by atoms with E-state index in [9.17, 15) is 10.2 Å². The summed E-state index contributed by atoms with van der Waals surface area (Å²) in [5, 5.41) is 19.6. The number of aromatic hydroxyl groups is 1. The van der Waals surface area contributed by atoms with Gasteiger partial charge in [-0.1, -0.05) is 31.5 Å². The number of halogens is 3. The zero-order chi connectivity index (χ0) is 12.5. The lowest BCUT2D eigenvalue weighted by Crippen LogP contribution is -2.32. The molecule has 0 aromatic heterocycles. The van der Waals surface area contributed by atoms with E-state index in [0.717, 1.165) is 0 Å². The predicted octanol–water partition coefficient (Wildman–Crippen LogP) is 3.25. The first kappa shape index (κ1) is 17.0. The van der Waals surface area contributed by atoms with Crippen LogP contribution in [0.1, 0.15) is 25.5 Å². The van der Waals surface area contributed by atoms with Gasteiger partial charge in [0.05, 0.1) is 9.50 Å². The summed E-state index contributed by atoms with van der Waals surface area (Å²) >= 11 is 9.03. The summed E-state index contributed by atoms with van der Waals surface area (Å²) < 4.78 is 0.427. The van der Waals surface area contributed by atoms with Gasteiger partial charge in [-0.3, -0.25) is 0 Å². The second kappa shape index (κ2) is 6.25. The van der Waals surface area contributed by atoms with Crippen LogP contribution in [-0.2, 0) is 0 Å². The van der Waals surface area contributed by atoms with Crippen LogP contribution in [0.3, 0.4) is 0 Å². The average Bonchev–Trinajstić information content (AvgIpc) is 2.25. The van der Waals surface area contributed by atoms with E-state index in [1.165, 1.54) is 0 Å². The molecule has 0 fully saturated rings. The SMILES string of the molecule is CC(C)(CO)[C@@H](N)c1ccc(Cl)c(Br)c1O.Cl. The van der Waals surface area contributed by atoms with Crippen molar-refractivity contribution in [1.29, 1.82) is 0 Å². The summed E-state index contributed by atoms with van der Waals surface area (Å²) in [7, 11) is 0. The highest BCUT2D eigenvalue weighted by Crippen LogP contribution is 2.41. The highest BCUT2D eigenvalue weighted by Gasteiger charge is 2.29. The van der Waals surface area contributed by atoms with Crippen molar-refractivity contribution in [2.75, 3.05) is 6.61 Å². The highest BCUT2D eigenvalue weighted by molar-refractivity contribution is 9.10. The van der Waals surface area contributed by atoms with Crippen LogP contribution < -0.4 is 5.73 Å². The molecule has 0 bridgehead atoms. The maximum Gasteiger partial charge on any atom is 0.136 e. The second-order valence-corrected chi connectivity index (χ2v) is 5.62. The minimum absolute atomic E-state index is 0. The lowest BCUT2D eigenvalue weighted by atomic mass is 9.81. The Kier molecular flexibility index (Phi) is 6.25. The summed E-state index contributed by atoms with van der Waals surface area (Å²) in [6, 6.07) is 2.87. The van der Waals surface area contributed by atoms with Gasteiger partial charge in [0.15, 0.2) is 0 Å². The summed E-state index contributed by atoms with van der Waals surface area (Å²) in [5.41, 5.74) is 6.08. The Morgan fingerprint density at radius 3 is 2.47 bits per heavy atom. The van der Waals surface area contributed by atoms with Gasteiger partial charge in [0.2, 0.25) is 0 Å². The fourth-order valence-electron chi connectivity index (χ4n) is 1.33.